The van der Waals surface area contributed by atoms with Gasteiger partial charge in [0.2, 0.25) is 5.91 Å². The van der Waals surface area contributed by atoms with Gasteiger partial charge in [-0.25, -0.2) is 4.79 Å². The van der Waals surface area contributed by atoms with Gasteiger partial charge in [-0.2, -0.15) is 0 Å². The lowest BCUT2D eigenvalue weighted by Gasteiger charge is -2.18. The molecule has 0 bridgehead atoms. The summed E-state index contributed by atoms with van der Waals surface area (Å²) in [5, 5.41) is 21.2. The number of amides is 1. The van der Waals surface area contributed by atoms with Crippen molar-refractivity contribution in [2.45, 2.75) is 31.3 Å². The first kappa shape index (κ1) is 18.4. The zero-order chi connectivity index (χ0) is 17.2. The van der Waals surface area contributed by atoms with Crippen LogP contribution in [0.1, 0.15) is 18.4 Å². The first-order valence-corrected chi connectivity index (χ1v) is 7.30. The molecule has 126 valence electrons. The fourth-order valence-corrected chi connectivity index (χ4v) is 2.03. The Bertz CT molecular complexity index is 535. The summed E-state index contributed by atoms with van der Waals surface area (Å²) < 4.78 is 0. The Hall–Kier alpha value is -2.61. The zero-order valence-electron chi connectivity index (χ0n) is 12.8. The van der Waals surface area contributed by atoms with E-state index in [1.165, 1.54) is 0 Å². The summed E-state index contributed by atoms with van der Waals surface area (Å²) in [7, 11) is 0. The number of guanidine groups is 1. The smallest absolute Gasteiger partial charge is 0.326 e. The highest BCUT2D eigenvalue weighted by atomic mass is 16.4. The van der Waals surface area contributed by atoms with Gasteiger partial charge in [0.15, 0.2) is 5.96 Å². The van der Waals surface area contributed by atoms with Crippen molar-refractivity contribution in [3.8, 4) is 0 Å². The van der Waals surface area contributed by atoms with Crippen LogP contribution >= 0.6 is 0 Å². The first-order chi connectivity index (χ1) is 10.9. The van der Waals surface area contributed by atoms with Crippen molar-refractivity contribution in [2.75, 3.05) is 6.54 Å². The van der Waals surface area contributed by atoms with Gasteiger partial charge in [-0.15, -0.1) is 0 Å². The summed E-state index contributed by atoms with van der Waals surface area (Å²) in [4.78, 5) is 23.2. The zero-order valence-corrected chi connectivity index (χ0v) is 12.8. The number of hydrogen-bond acceptors (Lipinski definition) is 4. The highest BCUT2D eigenvalue weighted by Gasteiger charge is 2.23. The van der Waals surface area contributed by atoms with Gasteiger partial charge in [0.05, 0.1) is 6.04 Å². The lowest BCUT2D eigenvalue weighted by atomic mass is 10.1. The molecule has 0 spiro atoms. The van der Waals surface area contributed by atoms with Crippen LogP contribution in [0, 0.1) is 5.41 Å². The van der Waals surface area contributed by atoms with E-state index >= 15 is 0 Å². The molecule has 2 atom stereocenters. The van der Waals surface area contributed by atoms with Crippen LogP contribution in [0.25, 0.3) is 0 Å². The van der Waals surface area contributed by atoms with Crippen molar-refractivity contribution < 1.29 is 14.7 Å². The monoisotopic (exact) mass is 321 g/mol. The van der Waals surface area contributed by atoms with Gasteiger partial charge in [0.1, 0.15) is 6.04 Å². The van der Waals surface area contributed by atoms with E-state index in [2.05, 4.69) is 10.6 Å². The molecule has 1 aromatic carbocycles. The minimum Gasteiger partial charge on any atom is -0.480 e. The normalized spacial score (nSPS) is 12.9. The molecule has 1 aromatic rings. The maximum atomic E-state index is 12.0. The Morgan fingerprint density at radius 3 is 2.48 bits per heavy atom. The van der Waals surface area contributed by atoms with Gasteiger partial charge in [0, 0.05) is 6.54 Å². The molecule has 0 radical (unpaired) electrons. The Labute approximate surface area is 134 Å². The number of nitrogens with one attached hydrogen (secondary N) is 3. The molecule has 8 N–H and O–H groups in total. The fraction of sp³-hybridized carbons (Fsp3) is 0.400. The molecular formula is C15H23N5O3. The number of nitrogens with two attached hydrogens (primary N) is 2. The van der Waals surface area contributed by atoms with E-state index in [0.717, 1.165) is 5.56 Å². The van der Waals surface area contributed by atoms with E-state index < -0.39 is 24.0 Å². The van der Waals surface area contributed by atoms with Gasteiger partial charge >= 0.3 is 5.97 Å². The van der Waals surface area contributed by atoms with Gasteiger partial charge in [-0.3, -0.25) is 10.2 Å². The van der Waals surface area contributed by atoms with Gasteiger partial charge in [0.25, 0.3) is 0 Å². The molecule has 1 unspecified atom stereocenters. The quantitative estimate of drug-likeness (QED) is 0.202. The van der Waals surface area contributed by atoms with Crippen LogP contribution in [-0.4, -0.2) is 41.6 Å². The Morgan fingerprint density at radius 1 is 1.26 bits per heavy atom. The molecule has 0 saturated carbocycles. The van der Waals surface area contributed by atoms with Crippen LogP contribution < -0.4 is 22.1 Å². The van der Waals surface area contributed by atoms with Crippen LogP contribution in [0.15, 0.2) is 30.3 Å². The van der Waals surface area contributed by atoms with E-state index in [9.17, 15) is 9.59 Å². The summed E-state index contributed by atoms with van der Waals surface area (Å²) >= 11 is 0. The summed E-state index contributed by atoms with van der Waals surface area (Å²) in [6.45, 7) is 0.366. The van der Waals surface area contributed by atoms with Crippen LogP contribution in [0.3, 0.4) is 0 Å². The molecular weight excluding hydrogens is 298 g/mol. The third kappa shape index (κ3) is 7.28. The van der Waals surface area contributed by atoms with Crippen LogP contribution in [0.5, 0.6) is 0 Å². The number of benzene rings is 1. The summed E-state index contributed by atoms with van der Waals surface area (Å²) in [5.41, 5.74) is 11.9. The van der Waals surface area contributed by atoms with Crippen molar-refractivity contribution in [3.05, 3.63) is 35.9 Å². The van der Waals surface area contributed by atoms with Crippen molar-refractivity contribution in [1.82, 2.24) is 10.6 Å². The van der Waals surface area contributed by atoms with Gasteiger partial charge in [-0.05, 0) is 24.8 Å². The van der Waals surface area contributed by atoms with E-state index in [4.69, 9.17) is 22.0 Å². The lowest BCUT2D eigenvalue weighted by Crippen LogP contribution is -2.49. The second-order valence-electron chi connectivity index (χ2n) is 5.18. The SMILES string of the molecule is N=C(N)NCCC[C@H](NC(=O)C(N)Cc1ccccc1)C(=O)O. The molecule has 0 aromatic heterocycles. The van der Waals surface area contributed by atoms with Crippen molar-refractivity contribution in [1.29, 1.82) is 5.41 Å². The highest BCUT2D eigenvalue weighted by Crippen LogP contribution is 2.03. The van der Waals surface area contributed by atoms with E-state index in [1.807, 2.05) is 30.3 Å². The number of hydrogen-bond donors (Lipinski definition) is 6. The second kappa shape index (κ2) is 9.42. The highest BCUT2D eigenvalue weighted by molar-refractivity contribution is 5.87. The minimum atomic E-state index is -1.12. The van der Waals surface area contributed by atoms with Crippen LogP contribution in [0.4, 0.5) is 0 Å². The molecule has 1 rings (SSSR count). The third-order valence-electron chi connectivity index (χ3n) is 3.23. The Balaban J connectivity index is 2.46. The molecule has 0 aliphatic heterocycles. The molecule has 0 saturated heterocycles. The van der Waals surface area contributed by atoms with Crippen molar-refractivity contribution >= 4 is 17.8 Å². The number of aliphatic carboxylic acids is 1. The number of rotatable bonds is 9. The number of carbonyl (C=O) groups excluding carboxylic acids is 1. The van der Waals surface area contributed by atoms with Crippen LogP contribution in [0.2, 0.25) is 0 Å². The summed E-state index contributed by atoms with van der Waals surface area (Å²) in [6, 6.07) is 7.45. The molecule has 0 aliphatic rings. The van der Waals surface area contributed by atoms with Gasteiger partial charge < -0.3 is 27.2 Å². The predicted octanol–water partition coefficient (Wildman–Crippen LogP) is -0.611. The molecule has 0 heterocycles. The van der Waals surface area contributed by atoms with E-state index in [-0.39, 0.29) is 12.4 Å². The fourth-order valence-electron chi connectivity index (χ4n) is 2.03. The van der Waals surface area contributed by atoms with Gasteiger partial charge in [-0.1, -0.05) is 30.3 Å². The number of carbonyl (C=O) groups is 2. The maximum absolute atomic E-state index is 12.0. The lowest BCUT2D eigenvalue weighted by molar-refractivity contribution is -0.142. The molecule has 1 amide bonds. The largest absolute Gasteiger partial charge is 0.480 e. The number of carboxylic acid groups (broad SMARTS) is 1. The van der Waals surface area contributed by atoms with Crippen molar-refractivity contribution in [3.63, 3.8) is 0 Å². The molecule has 0 aliphatic carbocycles. The minimum absolute atomic E-state index is 0.175. The summed E-state index contributed by atoms with van der Waals surface area (Å²) in [6.07, 6.45) is 1.01. The number of carboxylic acids is 1. The van der Waals surface area contributed by atoms with Crippen LogP contribution in [-0.2, 0) is 16.0 Å². The first-order valence-electron chi connectivity index (χ1n) is 7.30. The van der Waals surface area contributed by atoms with E-state index in [1.54, 1.807) is 0 Å². The average molecular weight is 321 g/mol. The maximum Gasteiger partial charge on any atom is 0.326 e. The molecule has 8 heteroatoms. The Morgan fingerprint density at radius 2 is 1.91 bits per heavy atom. The Kier molecular flexibility index (Phi) is 7.55. The standard InChI is InChI=1S/C15H23N5O3/c16-11(9-10-5-2-1-3-6-10)13(21)20-12(14(22)23)7-4-8-19-15(17)18/h1-3,5-6,11-12H,4,7-9,16H2,(H,20,21)(H,22,23)(H4,17,18,19)/t11?,12-/m0/s1. The molecule has 8 nitrogen and oxygen atoms in total. The van der Waals surface area contributed by atoms with E-state index in [0.29, 0.717) is 19.4 Å². The van der Waals surface area contributed by atoms with Crippen molar-refractivity contribution in [2.24, 2.45) is 11.5 Å². The summed E-state index contributed by atoms with van der Waals surface area (Å²) in [5.74, 6) is -1.79. The second-order valence-corrected chi connectivity index (χ2v) is 5.18. The third-order valence-corrected chi connectivity index (χ3v) is 3.23. The predicted molar refractivity (Wildman–Crippen MR) is 86.8 cm³/mol. The average Bonchev–Trinajstić information content (AvgIpc) is 2.50. The molecule has 0 fully saturated rings. The molecule has 23 heavy (non-hydrogen) atoms. The topological polar surface area (TPSA) is 154 Å².